The summed E-state index contributed by atoms with van der Waals surface area (Å²) in [5, 5.41) is 17.7. The number of hydrogen-bond acceptors (Lipinski definition) is 4. The van der Waals surface area contributed by atoms with Crippen molar-refractivity contribution in [3.63, 3.8) is 0 Å². The van der Waals surface area contributed by atoms with E-state index < -0.39 is 18.7 Å². The molecule has 0 fully saturated rings. The minimum absolute atomic E-state index is 0.154. The fourth-order valence-electron chi connectivity index (χ4n) is 3.09. The number of ether oxygens (including phenoxy) is 1. The third-order valence-electron chi connectivity index (χ3n) is 4.86. The van der Waals surface area contributed by atoms with Crippen LogP contribution >= 0.6 is 0 Å². The molecule has 0 saturated carbocycles. The molecule has 0 aliphatic rings. The predicted octanol–water partition coefficient (Wildman–Crippen LogP) is 5.70. The quantitative estimate of drug-likeness (QED) is 0.160. The summed E-state index contributed by atoms with van der Waals surface area (Å²) < 4.78 is 4.79. The lowest BCUT2D eigenvalue weighted by Crippen LogP contribution is -2.21. The Bertz CT molecular complexity index is 341. The third-order valence-corrected chi connectivity index (χ3v) is 4.86. The van der Waals surface area contributed by atoms with E-state index in [9.17, 15) is 4.79 Å². The van der Waals surface area contributed by atoms with Crippen LogP contribution in [-0.4, -0.2) is 35.5 Å². The predicted molar refractivity (Wildman–Crippen MR) is 113 cm³/mol. The molecule has 1 atom stereocenters. The Labute approximate surface area is 167 Å². The first kappa shape index (κ1) is 26.1. The molecule has 1 unspecified atom stereocenters. The van der Waals surface area contributed by atoms with Gasteiger partial charge in [0.15, 0.2) is 0 Å². The number of allylic oxidation sites excluding steroid dienone is 1. The van der Waals surface area contributed by atoms with Crippen LogP contribution in [0, 0.1) is 0 Å². The van der Waals surface area contributed by atoms with Crippen molar-refractivity contribution in [2.45, 2.75) is 116 Å². The molecule has 0 heterocycles. The molecule has 0 radical (unpaired) electrons. The van der Waals surface area contributed by atoms with E-state index in [-0.39, 0.29) is 6.61 Å². The van der Waals surface area contributed by atoms with E-state index in [1.807, 2.05) is 6.08 Å². The van der Waals surface area contributed by atoms with Crippen LogP contribution in [0.1, 0.15) is 110 Å². The topological polar surface area (TPSA) is 66.8 Å². The SMILES string of the molecule is CCCCCCCCCCCCCCCCC/C=C\C(=O)OCC(O)CO. The summed E-state index contributed by atoms with van der Waals surface area (Å²) >= 11 is 0. The summed E-state index contributed by atoms with van der Waals surface area (Å²) in [6.45, 7) is 1.72. The second-order valence-corrected chi connectivity index (χ2v) is 7.61. The maximum atomic E-state index is 11.3. The van der Waals surface area contributed by atoms with E-state index in [0.29, 0.717) is 0 Å². The van der Waals surface area contributed by atoms with Crippen LogP contribution in [0.25, 0.3) is 0 Å². The molecule has 0 aliphatic heterocycles. The van der Waals surface area contributed by atoms with Crippen molar-refractivity contribution < 1.29 is 19.7 Å². The van der Waals surface area contributed by atoms with Crippen LogP contribution in [0.15, 0.2) is 12.2 Å². The first-order valence-corrected chi connectivity index (χ1v) is 11.3. The zero-order chi connectivity index (χ0) is 20.0. The lowest BCUT2D eigenvalue weighted by atomic mass is 10.0. The van der Waals surface area contributed by atoms with Crippen molar-refractivity contribution in [1.82, 2.24) is 0 Å². The Morgan fingerprint density at radius 3 is 1.70 bits per heavy atom. The summed E-state index contributed by atoms with van der Waals surface area (Å²) in [6, 6.07) is 0. The summed E-state index contributed by atoms with van der Waals surface area (Å²) in [6.07, 6.45) is 23.4. The van der Waals surface area contributed by atoms with E-state index in [2.05, 4.69) is 6.92 Å². The molecule has 0 aromatic carbocycles. The van der Waals surface area contributed by atoms with Crippen molar-refractivity contribution in [2.24, 2.45) is 0 Å². The van der Waals surface area contributed by atoms with Crippen molar-refractivity contribution in [3.05, 3.63) is 12.2 Å². The maximum Gasteiger partial charge on any atom is 0.330 e. The van der Waals surface area contributed by atoms with E-state index in [0.717, 1.165) is 12.8 Å². The highest BCUT2D eigenvalue weighted by Gasteiger charge is 2.04. The molecule has 0 rings (SSSR count). The standard InChI is InChI=1S/C23H44O4/c1-2-3-4-5-6-7-8-9-10-11-12-13-14-15-16-17-18-19-23(26)27-21-22(25)20-24/h18-19,22,24-25H,2-17,20-21H2,1H3/b19-18-. The van der Waals surface area contributed by atoms with Crippen LogP contribution in [-0.2, 0) is 9.53 Å². The molecule has 2 N–H and O–H groups in total. The third kappa shape index (κ3) is 21.3. The van der Waals surface area contributed by atoms with Crippen LogP contribution in [0.5, 0.6) is 0 Å². The fourth-order valence-corrected chi connectivity index (χ4v) is 3.09. The summed E-state index contributed by atoms with van der Waals surface area (Å²) in [5.41, 5.74) is 0. The zero-order valence-electron chi connectivity index (χ0n) is 17.7. The van der Waals surface area contributed by atoms with Crippen LogP contribution in [0.4, 0.5) is 0 Å². The average Bonchev–Trinajstić information content (AvgIpc) is 2.68. The molecule has 0 amide bonds. The largest absolute Gasteiger partial charge is 0.460 e. The Hall–Kier alpha value is -0.870. The molecule has 0 bridgehead atoms. The number of aliphatic hydroxyl groups is 2. The summed E-state index contributed by atoms with van der Waals surface area (Å²) in [5.74, 6) is -0.455. The van der Waals surface area contributed by atoms with Crippen molar-refractivity contribution in [1.29, 1.82) is 0 Å². The molecular formula is C23H44O4. The van der Waals surface area contributed by atoms with Gasteiger partial charge in [0.1, 0.15) is 12.7 Å². The smallest absolute Gasteiger partial charge is 0.330 e. The average molecular weight is 385 g/mol. The molecule has 27 heavy (non-hydrogen) atoms. The second-order valence-electron chi connectivity index (χ2n) is 7.61. The molecule has 0 aromatic rings. The van der Waals surface area contributed by atoms with Gasteiger partial charge in [0.2, 0.25) is 0 Å². The minimum Gasteiger partial charge on any atom is -0.460 e. The van der Waals surface area contributed by atoms with Gasteiger partial charge in [-0.3, -0.25) is 0 Å². The van der Waals surface area contributed by atoms with Crippen molar-refractivity contribution in [3.8, 4) is 0 Å². The minimum atomic E-state index is -0.988. The highest BCUT2D eigenvalue weighted by molar-refractivity contribution is 5.81. The number of carbonyl (C=O) groups excluding carboxylic acids is 1. The van der Waals surface area contributed by atoms with E-state index in [1.165, 1.54) is 96.0 Å². The molecule has 160 valence electrons. The molecule has 4 heteroatoms. The van der Waals surface area contributed by atoms with Gasteiger partial charge in [-0.25, -0.2) is 4.79 Å². The molecule has 0 aromatic heterocycles. The number of esters is 1. The van der Waals surface area contributed by atoms with E-state index >= 15 is 0 Å². The Morgan fingerprint density at radius 2 is 1.26 bits per heavy atom. The highest BCUT2D eigenvalue weighted by Crippen LogP contribution is 2.13. The van der Waals surface area contributed by atoms with Crippen LogP contribution in [0.2, 0.25) is 0 Å². The molecule has 0 spiro atoms. The number of carbonyl (C=O) groups is 1. The Balaban J connectivity index is 3.20. The number of hydrogen-bond donors (Lipinski definition) is 2. The summed E-state index contributed by atoms with van der Waals surface area (Å²) in [4.78, 5) is 11.3. The van der Waals surface area contributed by atoms with Gasteiger partial charge in [0.05, 0.1) is 6.61 Å². The van der Waals surface area contributed by atoms with Gasteiger partial charge in [-0.1, -0.05) is 103 Å². The van der Waals surface area contributed by atoms with E-state index in [1.54, 1.807) is 0 Å². The Morgan fingerprint density at radius 1 is 0.815 bits per heavy atom. The fraction of sp³-hybridized carbons (Fsp3) is 0.870. The van der Waals surface area contributed by atoms with Gasteiger partial charge in [0.25, 0.3) is 0 Å². The van der Waals surface area contributed by atoms with Gasteiger partial charge >= 0.3 is 5.97 Å². The van der Waals surface area contributed by atoms with Gasteiger partial charge in [-0.05, 0) is 12.8 Å². The lowest BCUT2D eigenvalue weighted by molar-refractivity contribution is -0.141. The normalized spacial score (nSPS) is 12.6. The number of unbranched alkanes of at least 4 members (excludes halogenated alkanes) is 15. The van der Waals surface area contributed by atoms with Crippen molar-refractivity contribution >= 4 is 5.97 Å². The van der Waals surface area contributed by atoms with Gasteiger partial charge < -0.3 is 14.9 Å². The highest BCUT2D eigenvalue weighted by atomic mass is 16.5. The number of aliphatic hydroxyl groups excluding tert-OH is 2. The first-order valence-electron chi connectivity index (χ1n) is 11.3. The molecular weight excluding hydrogens is 340 g/mol. The van der Waals surface area contributed by atoms with Gasteiger partial charge in [-0.15, -0.1) is 0 Å². The first-order chi connectivity index (χ1) is 13.2. The van der Waals surface area contributed by atoms with Gasteiger partial charge in [-0.2, -0.15) is 0 Å². The monoisotopic (exact) mass is 384 g/mol. The zero-order valence-corrected chi connectivity index (χ0v) is 17.7. The summed E-state index contributed by atoms with van der Waals surface area (Å²) in [7, 11) is 0. The molecule has 0 aliphatic carbocycles. The van der Waals surface area contributed by atoms with Crippen LogP contribution < -0.4 is 0 Å². The van der Waals surface area contributed by atoms with Crippen LogP contribution in [0.3, 0.4) is 0 Å². The van der Waals surface area contributed by atoms with E-state index in [4.69, 9.17) is 14.9 Å². The molecule has 0 saturated heterocycles. The number of rotatable bonds is 20. The van der Waals surface area contributed by atoms with Crippen molar-refractivity contribution in [2.75, 3.05) is 13.2 Å². The second kappa shape index (κ2) is 21.4. The Kier molecular flexibility index (Phi) is 20.7. The lowest BCUT2D eigenvalue weighted by Gasteiger charge is -2.06. The maximum absolute atomic E-state index is 11.3. The van der Waals surface area contributed by atoms with Gasteiger partial charge in [0, 0.05) is 6.08 Å². The molecule has 4 nitrogen and oxygen atoms in total.